The van der Waals surface area contributed by atoms with Crippen LogP contribution in [0.5, 0.6) is 0 Å². The molecule has 0 amide bonds. The molecule has 1 unspecified atom stereocenters. The molecule has 0 fully saturated rings. The lowest BCUT2D eigenvalue weighted by molar-refractivity contribution is 0.404. The van der Waals surface area contributed by atoms with Crippen molar-refractivity contribution in [2.24, 2.45) is 0 Å². The van der Waals surface area contributed by atoms with Gasteiger partial charge in [0.15, 0.2) is 5.11 Å². The lowest BCUT2D eigenvalue weighted by Crippen LogP contribution is -2.46. The van der Waals surface area contributed by atoms with Crippen molar-refractivity contribution in [3.05, 3.63) is 107 Å². The fourth-order valence-corrected chi connectivity index (χ4v) is 4.44. The summed E-state index contributed by atoms with van der Waals surface area (Å²) in [6.45, 7) is 6.04. The topological polar surface area (TPSA) is 54.2 Å². The Morgan fingerprint density at radius 2 is 1.50 bits per heavy atom. The minimum absolute atomic E-state index is 0.281. The van der Waals surface area contributed by atoms with Crippen molar-refractivity contribution in [3.8, 4) is 11.4 Å². The highest BCUT2D eigenvalue weighted by Crippen LogP contribution is 2.39. The van der Waals surface area contributed by atoms with Crippen molar-refractivity contribution in [1.29, 1.82) is 0 Å². The summed E-state index contributed by atoms with van der Waals surface area (Å²) in [6, 6.07) is 22.2. The quantitative estimate of drug-likeness (QED) is 0.350. The molecule has 1 aliphatic rings. The van der Waals surface area contributed by atoms with E-state index in [4.69, 9.17) is 21.7 Å². The summed E-state index contributed by atoms with van der Waals surface area (Å²) in [7, 11) is 0. The van der Waals surface area contributed by atoms with Gasteiger partial charge in [-0.2, -0.15) is 4.98 Å². The Morgan fingerprint density at radius 1 is 0.882 bits per heavy atom. The molecule has 34 heavy (non-hydrogen) atoms. The summed E-state index contributed by atoms with van der Waals surface area (Å²) in [6.07, 6.45) is 0. The molecule has 1 aromatic heterocycles. The number of nitrogens with one attached hydrogen (secondary N) is 1. The predicted molar refractivity (Wildman–Crippen MR) is 136 cm³/mol. The Labute approximate surface area is 202 Å². The van der Waals surface area contributed by atoms with Crippen LogP contribution < -0.4 is 10.2 Å². The third-order valence-electron chi connectivity index (χ3n) is 5.95. The fourth-order valence-electron chi connectivity index (χ4n) is 4.08. The number of hydrogen-bond acceptors (Lipinski definition) is 4. The number of aromatic nitrogens is 2. The number of aryl methyl sites for hydroxylation is 2. The minimum Gasteiger partial charge on any atom is -0.351 e. The molecular formula is C27H23FN4OS. The van der Waals surface area contributed by atoms with Crippen LogP contribution in [0.2, 0.25) is 0 Å². The second-order valence-corrected chi connectivity index (χ2v) is 8.78. The van der Waals surface area contributed by atoms with E-state index in [0.717, 1.165) is 39.2 Å². The van der Waals surface area contributed by atoms with Crippen LogP contribution in [-0.2, 0) is 0 Å². The Hall–Kier alpha value is -3.84. The lowest BCUT2D eigenvalue weighted by Gasteiger charge is -2.37. The number of allylic oxidation sites excluding steroid dienone is 1. The molecule has 0 spiro atoms. The highest BCUT2D eigenvalue weighted by Gasteiger charge is 2.34. The van der Waals surface area contributed by atoms with Crippen molar-refractivity contribution in [2.75, 3.05) is 4.90 Å². The van der Waals surface area contributed by atoms with Crippen LogP contribution in [0.1, 0.15) is 35.5 Å². The van der Waals surface area contributed by atoms with Gasteiger partial charge in [-0.1, -0.05) is 64.8 Å². The molecule has 5 nitrogen and oxygen atoms in total. The minimum atomic E-state index is -0.307. The van der Waals surface area contributed by atoms with E-state index in [2.05, 4.69) is 34.7 Å². The number of nitrogens with zero attached hydrogens (tertiary/aromatic N) is 3. The zero-order valence-corrected chi connectivity index (χ0v) is 19.9. The highest BCUT2D eigenvalue weighted by molar-refractivity contribution is 7.80. The van der Waals surface area contributed by atoms with E-state index in [1.165, 1.54) is 12.1 Å². The van der Waals surface area contributed by atoms with Crippen molar-refractivity contribution < 1.29 is 8.91 Å². The van der Waals surface area contributed by atoms with Gasteiger partial charge in [-0.3, -0.25) is 4.90 Å². The highest BCUT2D eigenvalue weighted by atomic mass is 32.1. The average molecular weight is 471 g/mol. The second kappa shape index (κ2) is 8.83. The van der Waals surface area contributed by atoms with Gasteiger partial charge in [-0.25, -0.2) is 4.39 Å². The largest absolute Gasteiger partial charge is 0.351 e. The van der Waals surface area contributed by atoms with Gasteiger partial charge in [-0.05, 0) is 62.8 Å². The molecule has 7 heteroatoms. The summed E-state index contributed by atoms with van der Waals surface area (Å²) in [5.74, 6) is 0.610. The Bertz CT molecular complexity index is 1380. The Morgan fingerprint density at radius 3 is 2.15 bits per heavy atom. The summed E-state index contributed by atoms with van der Waals surface area (Å²) in [5.41, 5.74) is 6.61. The van der Waals surface area contributed by atoms with Gasteiger partial charge in [0, 0.05) is 16.9 Å². The third-order valence-corrected chi connectivity index (χ3v) is 6.25. The van der Waals surface area contributed by atoms with Crippen LogP contribution in [0.25, 0.3) is 17.0 Å². The number of thiocarbonyl (C=S) groups is 1. The molecule has 0 saturated heterocycles. The van der Waals surface area contributed by atoms with Crippen LogP contribution in [-0.4, -0.2) is 15.3 Å². The van der Waals surface area contributed by atoms with Gasteiger partial charge in [0.1, 0.15) is 5.82 Å². The molecule has 4 aromatic rings. The van der Waals surface area contributed by atoms with E-state index < -0.39 is 0 Å². The lowest BCUT2D eigenvalue weighted by atomic mass is 9.94. The SMILES string of the molecule is CC1=C(c2nc(-c3ccc(C)cc3)no2)C(c2ccc(C)cc2)NC(=S)N1c1ccc(F)cc1. The van der Waals surface area contributed by atoms with Gasteiger partial charge < -0.3 is 9.84 Å². The molecular weight excluding hydrogens is 447 g/mol. The standard InChI is InChI=1S/C27H23FN4OS/c1-16-4-8-19(9-5-16)24-23(26-30-25(31-33-26)20-10-6-17(2)7-11-20)18(3)32(27(34)29-24)22-14-12-21(28)13-15-22/h4-15,24H,1-3H3,(H,29,34). The van der Waals surface area contributed by atoms with E-state index in [0.29, 0.717) is 16.8 Å². The molecule has 0 saturated carbocycles. The van der Waals surface area contributed by atoms with Gasteiger partial charge in [-0.15, -0.1) is 0 Å². The van der Waals surface area contributed by atoms with Crippen LogP contribution in [0.3, 0.4) is 0 Å². The van der Waals surface area contributed by atoms with Crippen molar-refractivity contribution in [1.82, 2.24) is 15.5 Å². The first kappa shape index (κ1) is 22.0. The normalized spacial score (nSPS) is 16.1. The van der Waals surface area contributed by atoms with E-state index >= 15 is 0 Å². The summed E-state index contributed by atoms with van der Waals surface area (Å²) >= 11 is 5.74. The first-order chi connectivity index (χ1) is 16.4. The van der Waals surface area contributed by atoms with E-state index in [1.807, 2.05) is 49.9 Å². The molecule has 1 atom stereocenters. The molecule has 0 bridgehead atoms. The third kappa shape index (κ3) is 4.10. The molecule has 1 aliphatic heterocycles. The van der Waals surface area contributed by atoms with Crippen LogP contribution in [0.15, 0.2) is 83.0 Å². The van der Waals surface area contributed by atoms with Gasteiger partial charge in [0.25, 0.3) is 5.89 Å². The molecule has 0 radical (unpaired) electrons. The molecule has 3 aromatic carbocycles. The van der Waals surface area contributed by atoms with Crippen LogP contribution >= 0.6 is 12.2 Å². The predicted octanol–water partition coefficient (Wildman–Crippen LogP) is 6.36. The van der Waals surface area contributed by atoms with Gasteiger partial charge in [0.2, 0.25) is 5.82 Å². The fraction of sp³-hybridized carbons (Fsp3) is 0.148. The maximum atomic E-state index is 13.6. The van der Waals surface area contributed by atoms with Crippen molar-refractivity contribution in [2.45, 2.75) is 26.8 Å². The van der Waals surface area contributed by atoms with Crippen LogP contribution in [0.4, 0.5) is 10.1 Å². The van der Waals surface area contributed by atoms with E-state index in [9.17, 15) is 4.39 Å². The van der Waals surface area contributed by atoms with Gasteiger partial charge >= 0.3 is 0 Å². The first-order valence-corrected chi connectivity index (χ1v) is 11.4. The van der Waals surface area contributed by atoms with Gasteiger partial charge in [0.05, 0.1) is 11.6 Å². The van der Waals surface area contributed by atoms with E-state index in [1.54, 1.807) is 12.1 Å². The number of benzene rings is 3. The molecule has 5 rings (SSSR count). The summed E-state index contributed by atoms with van der Waals surface area (Å²) in [5, 5.41) is 8.19. The Balaban J connectivity index is 1.64. The molecule has 2 heterocycles. The average Bonchev–Trinajstić information content (AvgIpc) is 3.30. The first-order valence-electron chi connectivity index (χ1n) is 11.0. The summed E-state index contributed by atoms with van der Waals surface area (Å²) in [4.78, 5) is 6.60. The maximum absolute atomic E-state index is 13.6. The molecule has 170 valence electrons. The van der Waals surface area contributed by atoms with E-state index in [-0.39, 0.29) is 11.9 Å². The smallest absolute Gasteiger partial charge is 0.258 e. The number of hydrogen-bond donors (Lipinski definition) is 1. The van der Waals surface area contributed by atoms with Crippen LogP contribution in [0, 0.1) is 19.7 Å². The zero-order chi connectivity index (χ0) is 23.8. The molecule has 0 aliphatic carbocycles. The number of anilines is 1. The zero-order valence-electron chi connectivity index (χ0n) is 19.0. The monoisotopic (exact) mass is 470 g/mol. The van der Waals surface area contributed by atoms with Crippen molar-refractivity contribution >= 4 is 28.6 Å². The number of rotatable bonds is 4. The maximum Gasteiger partial charge on any atom is 0.258 e. The Kier molecular flexibility index (Phi) is 5.71. The molecule has 1 N–H and O–H groups in total. The second-order valence-electron chi connectivity index (χ2n) is 8.39. The summed E-state index contributed by atoms with van der Waals surface area (Å²) < 4.78 is 19.4. The van der Waals surface area contributed by atoms with Crippen molar-refractivity contribution in [3.63, 3.8) is 0 Å². The number of halogens is 1.